The zero-order chi connectivity index (χ0) is 22.0. The highest BCUT2D eigenvalue weighted by atomic mass is 35.5. The number of halogens is 2. The van der Waals surface area contributed by atoms with E-state index in [4.69, 9.17) is 23.2 Å². The van der Waals surface area contributed by atoms with Crippen molar-refractivity contribution in [2.45, 2.75) is 0 Å². The number of anilines is 1. The average molecular weight is 470 g/mol. The van der Waals surface area contributed by atoms with Gasteiger partial charge in [-0.15, -0.1) is 11.3 Å². The van der Waals surface area contributed by atoms with Crippen LogP contribution in [0, 0.1) is 10.1 Å². The van der Waals surface area contributed by atoms with Gasteiger partial charge in [0.1, 0.15) is 10.0 Å². The molecule has 0 fully saturated rings. The molecule has 1 heterocycles. The Labute approximate surface area is 190 Å². The van der Waals surface area contributed by atoms with Gasteiger partial charge in [0, 0.05) is 17.7 Å². The Kier molecular flexibility index (Phi) is 5.99. The van der Waals surface area contributed by atoms with Gasteiger partial charge >= 0.3 is 0 Å². The number of amides is 1. The quantitative estimate of drug-likeness (QED) is 0.197. The SMILES string of the molecule is O=C(C=Cc1ccc(Cl)c([N+](=O)[O-])c1)Nc1cc(-c2nc3ccccc3s2)ccc1Cl. The van der Waals surface area contributed by atoms with Gasteiger partial charge < -0.3 is 5.32 Å². The number of carbonyl (C=O) groups excluding carboxylic acids is 1. The standard InChI is InChI=1S/C22H13Cl2N3O3S/c23-15-9-7-14(22-26-17-3-1-2-4-20(17)31-22)12-18(15)25-21(28)10-6-13-5-8-16(24)19(11-13)27(29)30/h1-12H,(H,25,28). The Balaban J connectivity index is 1.54. The molecule has 9 heteroatoms. The zero-order valence-electron chi connectivity index (χ0n) is 15.7. The predicted octanol–water partition coefficient (Wildman–Crippen LogP) is 6.83. The number of aromatic nitrogens is 1. The molecule has 0 saturated carbocycles. The number of hydrogen-bond acceptors (Lipinski definition) is 5. The molecule has 0 spiro atoms. The normalized spacial score (nSPS) is 11.2. The molecule has 0 aliphatic rings. The Morgan fingerprint density at radius 3 is 2.61 bits per heavy atom. The fraction of sp³-hybridized carbons (Fsp3) is 0. The lowest BCUT2D eigenvalue weighted by Gasteiger charge is -2.07. The van der Waals surface area contributed by atoms with Crippen LogP contribution >= 0.6 is 34.5 Å². The van der Waals surface area contributed by atoms with E-state index in [-0.39, 0.29) is 10.7 Å². The number of nitro groups is 1. The Morgan fingerprint density at radius 2 is 1.84 bits per heavy atom. The number of nitrogens with zero attached hydrogens (tertiary/aromatic N) is 2. The van der Waals surface area contributed by atoms with Crippen molar-refractivity contribution in [3.05, 3.63) is 92.5 Å². The van der Waals surface area contributed by atoms with Gasteiger partial charge in [-0.1, -0.05) is 47.5 Å². The van der Waals surface area contributed by atoms with Crippen molar-refractivity contribution < 1.29 is 9.72 Å². The van der Waals surface area contributed by atoms with E-state index in [0.29, 0.717) is 16.3 Å². The molecular formula is C22H13Cl2N3O3S. The molecule has 3 aromatic carbocycles. The fourth-order valence-corrected chi connectivity index (χ4v) is 4.18. The monoisotopic (exact) mass is 469 g/mol. The summed E-state index contributed by atoms with van der Waals surface area (Å²) in [5, 5.41) is 15.0. The first-order valence-corrected chi connectivity index (χ1v) is 10.6. The van der Waals surface area contributed by atoms with Gasteiger partial charge in [0.05, 0.1) is 25.8 Å². The number of thiazole rings is 1. The summed E-state index contributed by atoms with van der Waals surface area (Å²) >= 11 is 13.6. The van der Waals surface area contributed by atoms with E-state index in [2.05, 4.69) is 10.3 Å². The Bertz CT molecular complexity index is 1320. The van der Waals surface area contributed by atoms with Gasteiger partial charge in [0.25, 0.3) is 5.69 Å². The highest BCUT2D eigenvalue weighted by molar-refractivity contribution is 7.21. The van der Waals surface area contributed by atoms with Crippen LogP contribution in [-0.2, 0) is 4.79 Å². The molecule has 0 atom stereocenters. The van der Waals surface area contributed by atoms with Gasteiger partial charge in [0.15, 0.2) is 0 Å². The van der Waals surface area contributed by atoms with Crippen molar-refractivity contribution in [2.24, 2.45) is 0 Å². The molecule has 0 aliphatic carbocycles. The van der Waals surface area contributed by atoms with Crippen LogP contribution in [0.2, 0.25) is 10.0 Å². The lowest BCUT2D eigenvalue weighted by Crippen LogP contribution is -2.08. The molecule has 154 valence electrons. The van der Waals surface area contributed by atoms with Gasteiger partial charge in [-0.25, -0.2) is 4.98 Å². The molecular weight excluding hydrogens is 457 g/mol. The van der Waals surface area contributed by atoms with Crippen LogP contribution in [0.1, 0.15) is 5.56 Å². The van der Waals surface area contributed by atoms with Crippen molar-refractivity contribution in [1.29, 1.82) is 0 Å². The summed E-state index contributed by atoms with van der Waals surface area (Å²) in [6.45, 7) is 0. The molecule has 1 amide bonds. The smallest absolute Gasteiger partial charge is 0.288 e. The first-order chi connectivity index (χ1) is 14.9. The third-order valence-corrected chi connectivity index (χ3v) is 6.09. The lowest BCUT2D eigenvalue weighted by atomic mass is 10.2. The second kappa shape index (κ2) is 8.85. The number of benzene rings is 3. The number of hydrogen-bond donors (Lipinski definition) is 1. The first-order valence-electron chi connectivity index (χ1n) is 8.99. The third-order valence-electron chi connectivity index (χ3n) is 4.36. The molecule has 0 saturated heterocycles. The Hall–Kier alpha value is -3.26. The lowest BCUT2D eigenvalue weighted by molar-refractivity contribution is -0.384. The zero-order valence-corrected chi connectivity index (χ0v) is 18.0. The second-order valence-electron chi connectivity index (χ2n) is 6.47. The fourth-order valence-electron chi connectivity index (χ4n) is 2.87. The molecule has 0 unspecified atom stereocenters. The summed E-state index contributed by atoms with van der Waals surface area (Å²) in [6.07, 6.45) is 2.73. The van der Waals surface area contributed by atoms with E-state index in [0.717, 1.165) is 20.8 Å². The van der Waals surface area contributed by atoms with Gasteiger partial charge in [-0.3, -0.25) is 14.9 Å². The van der Waals surface area contributed by atoms with Crippen molar-refractivity contribution >= 4 is 68.1 Å². The maximum absolute atomic E-state index is 12.4. The van der Waals surface area contributed by atoms with Crippen molar-refractivity contribution in [3.8, 4) is 10.6 Å². The molecule has 0 aliphatic heterocycles. The van der Waals surface area contributed by atoms with Crippen LogP contribution in [0.4, 0.5) is 11.4 Å². The molecule has 4 rings (SSSR count). The van der Waals surface area contributed by atoms with Crippen LogP contribution in [0.25, 0.3) is 26.9 Å². The van der Waals surface area contributed by atoms with Gasteiger partial charge in [-0.2, -0.15) is 0 Å². The highest BCUT2D eigenvalue weighted by Gasteiger charge is 2.12. The minimum atomic E-state index is -0.576. The molecule has 1 aromatic heterocycles. The molecule has 1 N–H and O–H groups in total. The first kappa shape index (κ1) is 21.0. The summed E-state index contributed by atoms with van der Waals surface area (Å²) in [4.78, 5) is 27.4. The summed E-state index contributed by atoms with van der Waals surface area (Å²) in [5.74, 6) is -0.430. The summed E-state index contributed by atoms with van der Waals surface area (Å²) in [7, 11) is 0. The molecule has 4 aromatic rings. The minimum Gasteiger partial charge on any atom is -0.321 e. The van der Waals surface area contributed by atoms with E-state index in [1.165, 1.54) is 24.3 Å². The van der Waals surface area contributed by atoms with Crippen LogP contribution in [0.5, 0.6) is 0 Å². The number of carbonyl (C=O) groups is 1. The number of nitrogens with one attached hydrogen (secondary N) is 1. The summed E-state index contributed by atoms with van der Waals surface area (Å²) in [6, 6.07) is 17.4. The van der Waals surface area contributed by atoms with Crippen LogP contribution < -0.4 is 5.32 Å². The number of para-hydroxylation sites is 1. The molecule has 0 radical (unpaired) electrons. The summed E-state index contributed by atoms with van der Waals surface area (Å²) in [5.41, 5.74) is 2.42. The Morgan fingerprint density at radius 1 is 1.06 bits per heavy atom. The number of rotatable bonds is 5. The number of nitro benzene ring substituents is 1. The van der Waals surface area contributed by atoms with E-state index < -0.39 is 10.8 Å². The minimum absolute atomic E-state index is 0.0324. The van der Waals surface area contributed by atoms with Gasteiger partial charge in [0.2, 0.25) is 5.91 Å². The van der Waals surface area contributed by atoms with Gasteiger partial charge in [-0.05, 0) is 42.0 Å². The van der Waals surface area contributed by atoms with Crippen LogP contribution in [0.15, 0.2) is 66.7 Å². The maximum Gasteiger partial charge on any atom is 0.288 e. The molecule has 31 heavy (non-hydrogen) atoms. The van der Waals surface area contributed by atoms with Crippen molar-refractivity contribution in [3.63, 3.8) is 0 Å². The van der Waals surface area contributed by atoms with Crippen molar-refractivity contribution in [2.75, 3.05) is 5.32 Å². The molecule has 0 bridgehead atoms. The third kappa shape index (κ3) is 4.74. The van der Waals surface area contributed by atoms with Crippen LogP contribution in [-0.4, -0.2) is 15.8 Å². The maximum atomic E-state index is 12.4. The van der Waals surface area contributed by atoms with E-state index >= 15 is 0 Å². The largest absolute Gasteiger partial charge is 0.321 e. The second-order valence-corrected chi connectivity index (χ2v) is 8.32. The van der Waals surface area contributed by atoms with Crippen LogP contribution in [0.3, 0.4) is 0 Å². The average Bonchev–Trinajstić information content (AvgIpc) is 3.19. The van der Waals surface area contributed by atoms with Crippen molar-refractivity contribution in [1.82, 2.24) is 4.98 Å². The highest BCUT2D eigenvalue weighted by Crippen LogP contribution is 2.34. The predicted molar refractivity (Wildman–Crippen MR) is 126 cm³/mol. The number of fused-ring (bicyclic) bond motifs is 1. The van der Waals surface area contributed by atoms with E-state index in [9.17, 15) is 14.9 Å². The topological polar surface area (TPSA) is 85.1 Å². The van der Waals surface area contributed by atoms with E-state index in [1.807, 2.05) is 30.3 Å². The molecule has 6 nitrogen and oxygen atoms in total. The summed E-state index contributed by atoms with van der Waals surface area (Å²) < 4.78 is 1.07. The van der Waals surface area contributed by atoms with E-state index in [1.54, 1.807) is 29.5 Å².